The van der Waals surface area contributed by atoms with Gasteiger partial charge in [-0.1, -0.05) is 6.07 Å². The summed E-state index contributed by atoms with van der Waals surface area (Å²) in [5.74, 6) is -0.195. The van der Waals surface area contributed by atoms with Crippen molar-refractivity contribution >= 4 is 17.6 Å². The molecule has 1 aromatic rings. The van der Waals surface area contributed by atoms with Gasteiger partial charge < -0.3 is 14.9 Å². The van der Waals surface area contributed by atoms with Gasteiger partial charge in [0.05, 0.1) is 12.7 Å². The van der Waals surface area contributed by atoms with Crippen molar-refractivity contribution in [2.45, 2.75) is 6.42 Å². The van der Waals surface area contributed by atoms with Gasteiger partial charge in [0, 0.05) is 26.1 Å². The van der Waals surface area contributed by atoms with Crippen molar-refractivity contribution in [1.29, 1.82) is 0 Å². The molecule has 0 aromatic heterocycles. The molecule has 0 fully saturated rings. The lowest BCUT2D eigenvalue weighted by Gasteiger charge is -2.31. The molecule has 0 saturated carbocycles. The minimum Gasteiger partial charge on any atom is -0.512 e. The van der Waals surface area contributed by atoms with Crippen molar-refractivity contribution in [3.05, 3.63) is 40.7 Å². The highest BCUT2D eigenvalue weighted by molar-refractivity contribution is 5.96. The van der Waals surface area contributed by atoms with Gasteiger partial charge in [-0.15, -0.1) is 0 Å². The number of hydrogen-bond donors (Lipinski definition) is 2. The summed E-state index contributed by atoms with van der Waals surface area (Å²) < 4.78 is 5.18. The molecule has 21 heavy (non-hydrogen) atoms. The molecule has 0 radical (unpaired) electrons. The maximum atomic E-state index is 11.1. The molecule has 2 aliphatic rings. The maximum Gasteiger partial charge on any atom is 0.336 e. The third-order valence-corrected chi connectivity index (χ3v) is 3.98. The smallest absolute Gasteiger partial charge is 0.336 e. The first-order valence-electron chi connectivity index (χ1n) is 6.84. The van der Waals surface area contributed by atoms with Crippen molar-refractivity contribution in [3.8, 4) is 5.75 Å². The molecule has 3 rings (SSSR count). The van der Waals surface area contributed by atoms with Gasteiger partial charge in [0.15, 0.2) is 0 Å². The molecule has 5 nitrogen and oxygen atoms in total. The Morgan fingerprint density at radius 3 is 2.90 bits per heavy atom. The van der Waals surface area contributed by atoms with Crippen LogP contribution in [0.1, 0.15) is 17.5 Å². The van der Waals surface area contributed by atoms with E-state index < -0.39 is 5.97 Å². The van der Waals surface area contributed by atoms with E-state index in [9.17, 15) is 9.90 Å². The molecule has 0 bridgehead atoms. The third-order valence-electron chi connectivity index (χ3n) is 3.98. The number of carboxylic acid groups (broad SMARTS) is 1. The second-order valence-corrected chi connectivity index (χ2v) is 5.31. The number of benzene rings is 1. The Morgan fingerprint density at radius 2 is 2.24 bits per heavy atom. The molecule has 1 aliphatic carbocycles. The van der Waals surface area contributed by atoms with Gasteiger partial charge in [-0.2, -0.15) is 0 Å². The maximum absolute atomic E-state index is 11.1. The zero-order chi connectivity index (χ0) is 15.0. The lowest BCUT2D eigenvalue weighted by atomic mass is 9.87. The van der Waals surface area contributed by atoms with E-state index >= 15 is 0 Å². The Labute approximate surface area is 122 Å². The molecule has 2 N–H and O–H groups in total. The molecule has 0 spiro atoms. The molecule has 5 heteroatoms. The number of carboxylic acids is 1. The number of methoxy groups -OCH3 is 1. The van der Waals surface area contributed by atoms with Crippen LogP contribution in [0.5, 0.6) is 5.75 Å². The minimum absolute atomic E-state index is 0.00600. The first-order valence-corrected chi connectivity index (χ1v) is 6.84. The number of aliphatic hydroxyl groups excluding tert-OH is 1. The molecule has 1 aliphatic heterocycles. The van der Waals surface area contributed by atoms with Crippen LogP contribution in [0.15, 0.2) is 29.5 Å². The SMILES string of the molecule is COc1ccc2c(c1)C=C2CN1CCC(O)=C(C(=O)O)C1. The molecular formula is C16H17NO4. The Balaban J connectivity index is 1.68. The van der Waals surface area contributed by atoms with Gasteiger partial charge in [-0.05, 0) is 34.9 Å². The number of aliphatic carboxylic acids is 1. The average molecular weight is 287 g/mol. The molecule has 0 atom stereocenters. The van der Waals surface area contributed by atoms with E-state index in [1.54, 1.807) is 7.11 Å². The highest BCUT2D eigenvalue weighted by Crippen LogP contribution is 2.35. The largest absolute Gasteiger partial charge is 0.512 e. The van der Waals surface area contributed by atoms with Crippen LogP contribution in [-0.4, -0.2) is 47.8 Å². The number of fused-ring (bicyclic) bond motifs is 1. The Morgan fingerprint density at radius 1 is 1.43 bits per heavy atom. The van der Waals surface area contributed by atoms with Gasteiger partial charge in [-0.3, -0.25) is 4.90 Å². The molecule has 110 valence electrons. The van der Waals surface area contributed by atoms with E-state index in [1.165, 1.54) is 11.1 Å². The van der Waals surface area contributed by atoms with Crippen LogP contribution in [0.3, 0.4) is 0 Å². The Kier molecular flexibility index (Phi) is 3.43. The van der Waals surface area contributed by atoms with Crippen molar-refractivity contribution in [2.75, 3.05) is 26.7 Å². The summed E-state index contributed by atoms with van der Waals surface area (Å²) in [7, 11) is 1.64. The van der Waals surface area contributed by atoms with Crippen LogP contribution >= 0.6 is 0 Å². The van der Waals surface area contributed by atoms with Crippen LogP contribution in [0.4, 0.5) is 0 Å². The normalized spacial score (nSPS) is 17.9. The van der Waals surface area contributed by atoms with Crippen molar-refractivity contribution in [2.24, 2.45) is 0 Å². The summed E-state index contributed by atoms with van der Waals surface area (Å²) in [6, 6.07) is 5.94. The highest BCUT2D eigenvalue weighted by Gasteiger charge is 2.26. The molecular weight excluding hydrogens is 270 g/mol. The first-order chi connectivity index (χ1) is 10.1. The number of hydrogen-bond acceptors (Lipinski definition) is 4. The topological polar surface area (TPSA) is 70.0 Å². The highest BCUT2D eigenvalue weighted by atomic mass is 16.5. The van der Waals surface area contributed by atoms with Crippen molar-refractivity contribution in [1.82, 2.24) is 4.90 Å². The second-order valence-electron chi connectivity index (χ2n) is 5.31. The number of carbonyl (C=O) groups is 1. The predicted octanol–water partition coefficient (Wildman–Crippen LogP) is 2.15. The first kappa shape index (κ1) is 13.7. The fraction of sp³-hybridized carbons (Fsp3) is 0.312. The van der Waals surface area contributed by atoms with Crippen LogP contribution < -0.4 is 4.74 Å². The summed E-state index contributed by atoms with van der Waals surface area (Å²) in [6.45, 7) is 1.65. The van der Waals surface area contributed by atoms with Gasteiger partial charge in [-0.25, -0.2) is 4.79 Å². The quantitative estimate of drug-likeness (QED) is 0.888. The monoisotopic (exact) mass is 287 g/mol. The van der Waals surface area contributed by atoms with E-state index in [-0.39, 0.29) is 17.9 Å². The van der Waals surface area contributed by atoms with E-state index in [0.29, 0.717) is 19.5 Å². The molecule has 0 unspecified atom stereocenters. The summed E-state index contributed by atoms with van der Waals surface area (Å²) in [5.41, 5.74) is 3.64. The third kappa shape index (κ3) is 2.52. The van der Waals surface area contributed by atoms with Gasteiger partial charge >= 0.3 is 5.97 Å². The van der Waals surface area contributed by atoms with Gasteiger partial charge in [0.2, 0.25) is 0 Å². The van der Waals surface area contributed by atoms with Crippen molar-refractivity contribution < 1.29 is 19.7 Å². The van der Waals surface area contributed by atoms with E-state index in [2.05, 4.69) is 6.08 Å². The number of rotatable bonds is 4. The van der Waals surface area contributed by atoms with Gasteiger partial charge in [0.1, 0.15) is 11.5 Å². The summed E-state index contributed by atoms with van der Waals surface area (Å²) >= 11 is 0. The average Bonchev–Trinajstić information content (AvgIpc) is 2.45. The molecule has 0 saturated heterocycles. The lowest BCUT2D eigenvalue weighted by Crippen LogP contribution is -2.35. The Hall–Kier alpha value is -2.27. The number of nitrogens with zero attached hydrogens (tertiary/aromatic N) is 1. The van der Waals surface area contributed by atoms with E-state index in [1.807, 2.05) is 23.1 Å². The second kappa shape index (κ2) is 5.26. The fourth-order valence-electron chi connectivity index (χ4n) is 2.77. The van der Waals surface area contributed by atoms with E-state index in [0.717, 1.165) is 11.3 Å². The zero-order valence-corrected chi connectivity index (χ0v) is 11.8. The molecule has 1 heterocycles. The summed E-state index contributed by atoms with van der Waals surface area (Å²) in [6.07, 6.45) is 2.49. The lowest BCUT2D eigenvalue weighted by molar-refractivity contribution is -0.133. The van der Waals surface area contributed by atoms with Crippen LogP contribution in [0, 0.1) is 0 Å². The van der Waals surface area contributed by atoms with Crippen LogP contribution in [-0.2, 0) is 4.79 Å². The van der Waals surface area contributed by atoms with Gasteiger partial charge in [0.25, 0.3) is 0 Å². The molecule has 0 amide bonds. The van der Waals surface area contributed by atoms with Crippen LogP contribution in [0.2, 0.25) is 0 Å². The minimum atomic E-state index is -1.04. The zero-order valence-electron chi connectivity index (χ0n) is 11.8. The summed E-state index contributed by atoms with van der Waals surface area (Å²) in [5, 5.41) is 18.7. The Bertz CT molecular complexity index is 660. The van der Waals surface area contributed by atoms with Crippen LogP contribution in [0.25, 0.3) is 11.6 Å². The fourth-order valence-corrected chi connectivity index (χ4v) is 2.77. The predicted molar refractivity (Wildman–Crippen MR) is 79.2 cm³/mol. The van der Waals surface area contributed by atoms with Crippen molar-refractivity contribution in [3.63, 3.8) is 0 Å². The number of ether oxygens (including phenoxy) is 1. The number of aliphatic hydroxyl groups is 1. The van der Waals surface area contributed by atoms with E-state index in [4.69, 9.17) is 9.84 Å². The molecule has 1 aromatic carbocycles. The summed E-state index contributed by atoms with van der Waals surface area (Å²) in [4.78, 5) is 13.1. The standard InChI is InChI=1S/C16H17NO4/c1-21-12-2-3-13-10(7-12)6-11(13)8-17-5-4-15(18)14(9-17)16(19)20/h2-3,6-7,18H,4-5,8-9H2,1H3,(H,19,20).